The van der Waals surface area contributed by atoms with E-state index in [9.17, 15) is 4.79 Å². The Bertz CT molecular complexity index is 467. The van der Waals surface area contributed by atoms with Gasteiger partial charge >= 0.3 is 0 Å². The summed E-state index contributed by atoms with van der Waals surface area (Å²) >= 11 is 0. The smallest absolute Gasteiger partial charge is 0.271 e. The van der Waals surface area contributed by atoms with Gasteiger partial charge in [0.25, 0.3) is 5.91 Å². The number of carbonyl (C=O) groups excluding carboxylic acids is 1. The van der Waals surface area contributed by atoms with E-state index in [1.54, 1.807) is 24.3 Å². The zero-order valence-electron chi connectivity index (χ0n) is 11.5. The van der Waals surface area contributed by atoms with Gasteiger partial charge in [-0.2, -0.15) is 5.10 Å². The van der Waals surface area contributed by atoms with Crippen molar-refractivity contribution in [2.75, 3.05) is 5.73 Å². The van der Waals surface area contributed by atoms with Crippen LogP contribution in [0.5, 0.6) is 0 Å². The van der Waals surface area contributed by atoms with Gasteiger partial charge in [-0.15, -0.1) is 0 Å². The normalized spacial score (nSPS) is 25.3. The van der Waals surface area contributed by atoms with Crippen LogP contribution in [0.15, 0.2) is 29.4 Å². The fourth-order valence-corrected chi connectivity index (χ4v) is 2.55. The highest BCUT2D eigenvalue weighted by atomic mass is 16.2. The van der Waals surface area contributed by atoms with Gasteiger partial charge in [-0.05, 0) is 48.9 Å². The molecule has 1 aromatic carbocycles. The van der Waals surface area contributed by atoms with E-state index in [0.29, 0.717) is 23.1 Å². The molecule has 4 heteroatoms. The van der Waals surface area contributed by atoms with E-state index in [1.807, 2.05) is 0 Å². The molecule has 0 aliphatic heterocycles. The summed E-state index contributed by atoms with van der Waals surface area (Å²) in [6.45, 7) is 4.34. The Balaban J connectivity index is 2.04. The molecular weight excluding hydrogens is 238 g/mol. The Morgan fingerprint density at radius 2 is 1.79 bits per heavy atom. The topological polar surface area (TPSA) is 67.5 Å². The van der Waals surface area contributed by atoms with E-state index in [1.165, 1.54) is 6.42 Å². The largest absolute Gasteiger partial charge is 0.399 e. The van der Waals surface area contributed by atoms with Gasteiger partial charge < -0.3 is 5.73 Å². The number of nitrogen functional groups attached to an aromatic ring is 1. The number of hydrogen-bond acceptors (Lipinski definition) is 3. The maximum atomic E-state index is 12.0. The predicted octanol–water partition coefficient (Wildman–Crippen LogP) is 2.81. The van der Waals surface area contributed by atoms with Gasteiger partial charge in [-0.1, -0.05) is 20.3 Å². The number of nitrogens with two attached hydrogens (primary N) is 1. The molecule has 0 radical (unpaired) electrons. The first-order valence-electron chi connectivity index (χ1n) is 6.81. The van der Waals surface area contributed by atoms with Crippen LogP contribution in [0.1, 0.15) is 43.5 Å². The average molecular weight is 259 g/mol. The van der Waals surface area contributed by atoms with E-state index in [0.717, 1.165) is 18.6 Å². The maximum absolute atomic E-state index is 12.0. The molecule has 0 aromatic heterocycles. The number of rotatable bonds is 2. The van der Waals surface area contributed by atoms with Gasteiger partial charge in [0.15, 0.2) is 0 Å². The van der Waals surface area contributed by atoms with Crippen LogP contribution in [-0.2, 0) is 0 Å². The van der Waals surface area contributed by atoms with Crippen molar-refractivity contribution in [2.24, 2.45) is 16.9 Å². The highest BCUT2D eigenvalue weighted by molar-refractivity contribution is 5.96. The molecule has 0 spiro atoms. The van der Waals surface area contributed by atoms with Gasteiger partial charge in [0.2, 0.25) is 0 Å². The molecule has 2 atom stereocenters. The molecule has 1 saturated carbocycles. The molecule has 0 heterocycles. The lowest BCUT2D eigenvalue weighted by Crippen LogP contribution is -2.29. The predicted molar refractivity (Wildman–Crippen MR) is 77.9 cm³/mol. The Labute approximate surface area is 114 Å². The van der Waals surface area contributed by atoms with E-state index in [2.05, 4.69) is 24.4 Å². The second-order valence-electron chi connectivity index (χ2n) is 5.33. The molecule has 3 N–H and O–H groups in total. The Kier molecular flexibility index (Phi) is 4.20. The molecule has 0 bridgehead atoms. The van der Waals surface area contributed by atoms with Crippen molar-refractivity contribution in [2.45, 2.75) is 33.1 Å². The standard InChI is InChI=1S/C15H21N3O/c1-10-4-3-5-11(2)14(10)17-18-15(19)12-6-8-13(16)9-7-12/h6-11H,3-5,16H2,1-2H3,(H,18,19)/t10-,11+. The molecule has 1 fully saturated rings. The van der Waals surface area contributed by atoms with E-state index in [-0.39, 0.29) is 5.91 Å². The van der Waals surface area contributed by atoms with Crippen molar-refractivity contribution in [3.63, 3.8) is 0 Å². The zero-order chi connectivity index (χ0) is 13.8. The third-order valence-electron chi connectivity index (χ3n) is 3.74. The first-order valence-corrected chi connectivity index (χ1v) is 6.81. The minimum Gasteiger partial charge on any atom is -0.399 e. The van der Waals surface area contributed by atoms with Gasteiger partial charge in [-0.3, -0.25) is 4.79 Å². The van der Waals surface area contributed by atoms with Crippen molar-refractivity contribution in [3.05, 3.63) is 29.8 Å². The third kappa shape index (κ3) is 3.34. The summed E-state index contributed by atoms with van der Waals surface area (Å²) in [6.07, 6.45) is 3.55. The molecular formula is C15H21N3O. The van der Waals surface area contributed by atoms with Gasteiger partial charge in [0.05, 0.1) is 0 Å². The quantitative estimate of drug-likeness (QED) is 0.633. The summed E-state index contributed by atoms with van der Waals surface area (Å²) in [5.41, 5.74) is 10.6. The Morgan fingerprint density at radius 1 is 1.21 bits per heavy atom. The number of carbonyl (C=O) groups is 1. The van der Waals surface area contributed by atoms with Crippen LogP contribution in [0.3, 0.4) is 0 Å². The monoisotopic (exact) mass is 259 g/mol. The van der Waals surface area contributed by atoms with Crippen LogP contribution in [-0.4, -0.2) is 11.6 Å². The van der Waals surface area contributed by atoms with E-state index < -0.39 is 0 Å². The number of anilines is 1. The van der Waals surface area contributed by atoms with Gasteiger partial charge in [0, 0.05) is 17.0 Å². The van der Waals surface area contributed by atoms with Crippen LogP contribution < -0.4 is 11.2 Å². The first kappa shape index (κ1) is 13.6. The SMILES string of the molecule is C[C@@H]1CCC[C@H](C)C1=NNC(=O)c1ccc(N)cc1. The molecule has 102 valence electrons. The lowest BCUT2D eigenvalue weighted by Gasteiger charge is -2.26. The summed E-state index contributed by atoms with van der Waals surface area (Å²) in [5.74, 6) is 0.725. The minimum absolute atomic E-state index is 0.183. The highest BCUT2D eigenvalue weighted by Crippen LogP contribution is 2.25. The number of hydrazone groups is 1. The molecule has 1 aliphatic rings. The Hall–Kier alpha value is -1.84. The molecule has 0 unspecified atom stereocenters. The third-order valence-corrected chi connectivity index (χ3v) is 3.74. The van der Waals surface area contributed by atoms with Crippen LogP contribution in [0.25, 0.3) is 0 Å². The average Bonchev–Trinajstić information content (AvgIpc) is 2.38. The van der Waals surface area contributed by atoms with Crippen LogP contribution in [0.2, 0.25) is 0 Å². The molecule has 4 nitrogen and oxygen atoms in total. The molecule has 1 aliphatic carbocycles. The summed E-state index contributed by atoms with van der Waals surface area (Å²) < 4.78 is 0. The second-order valence-corrected chi connectivity index (χ2v) is 5.33. The summed E-state index contributed by atoms with van der Waals surface area (Å²) in [5, 5.41) is 4.33. The van der Waals surface area contributed by atoms with Crippen molar-refractivity contribution >= 4 is 17.3 Å². The van der Waals surface area contributed by atoms with Crippen molar-refractivity contribution < 1.29 is 4.79 Å². The number of hydrogen-bond donors (Lipinski definition) is 2. The van der Waals surface area contributed by atoms with Crippen molar-refractivity contribution in [1.29, 1.82) is 0 Å². The molecule has 2 rings (SSSR count). The van der Waals surface area contributed by atoms with Crippen LogP contribution >= 0.6 is 0 Å². The van der Waals surface area contributed by atoms with E-state index in [4.69, 9.17) is 5.73 Å². The number of benzene rings is 1. The lowest BCUT2D eigenvalue weighted by atomic mass is 9.81. The Morgan fingerprint density at radius 3 is 2.37 bits per heavy atom. The number of nitrogens with zero attached hydrogens (tertiary/aromatic N) is 1. The highest BCUT2D eigenvalue weighted by Gasteiger charge is 2.23. The fourth-order valence-electron chi connectivity index (χ4n) is 2.55. The fraction of sp³-hybridized carbons (Fsp3) is 0.467. The van der Waals surface area contributed by atoms with Crippen LogP contribution in [0.4, 0.5) is 5.69 Å². The number of amides is 1. The van der Waals surface area contributed by atoms with Crippen molar-refractivity contribution in [3.8, 4) is 0 Å². The molecule has 19 heavy (non-hydrogen) atoms. The van der Waals surface area contributed by atoms with Crippen molar-refractivity contribution in [1.82, 2.24) is 5.43 Å². The second kappa shape index (κ2) is 5.87. The van der Waals surface area contributed by atoms with Gasteiger partial charge in [0.1, 0.15) is 0 Å². The summed E-state index contributed by atoms with van der Waals surface area (Å²) in [7, 11) is 0. The molecule has 1 amide bonds. The van der Waals surface area contributed by atoms with E-state index >= 15 is 0 Å². The lowest BCUT2D eigenvalue weighted by molar-refractivity contribution is 0.0954. The first-order chi connectivity index (χ1) is 9.08. The molecule has 1 aromatic rings. The van der Waals surface area contributed by atoms with Gasteiger partial charge in [-0.25, -0.2) is 5.43 Å². The summed E-state index contributed by atoms with van der Waals surface area (Å²) in [4.78, 5) is 12.0. The molecule has 0 saturated heterocycles. The maximum Gasteiger partial charge on any atom is 0.271 e. The minimum atomic E-state index is -0.183. The van der Waals surface area contributed by atoms with Crippen LogP contribution in [0, 0.1) is 11.8 Å². The zero-order valence-corrected chi connectivity index (χ0v) is 11.5. The summed E-state index contributed by atoms with van der Waals surface area (Å²) in [6, 6.07) is 6.85. The number of nitrogens with one attached hydrogen (secondary N) is 1.